The van der Waals surface area contributed by atoms with Gasteiger partial charge in [-0.05, 0) is 110 Å². The predicted molar refractivity (Wildman–Crippen MR) is 271 cm³/mol. The summed E-state index contributed by atoms with van der Waals surface area (Å²) in [6, 6.07) is 40.3. The third-order valence-corrected chi connectivity index (χ3v) is 13.7. The molecule has 0 spiro atoms. The first-order chi connectivity index (χ1) is 31.2. The third kappa shape index (κ3) is 9.47. The molecule has 10 rings (SSSR count). The van der Waals surface area contributed by atoms with Crippen molar-refractivity contribution in [2.24, 2.45) is 0 Å². The third-order valence-electron chi connectivity index (χ3n) is 10.3. The Morgan fingerprint density at radius 2 is 1.12 bits per heavy atom. The SMILES string of the molecule is [C-]#[N+]c1ccc(NCc2csc3ccccc23)c(N)c1.[C-]#[N+]c1ccc(NCc2csc3ccccc23)c([N+](=O)[O-])c1.[C-]#[N+]c1ccc2c(c1)[nH]c(=S)n2Cc1csc2ccccc12.[HH]. The number of fused-ring (bicyclic) bond motifs is 4. The summed E-state index contributed by atoms with van der Waals surface area (Å²) in [5.74, 6) is 0. The van der Waals surface area contributed by atoms with E-state index in [9.17, 15) is 10.1 Å². The average molecular weight is 912 g/mol. The lowest BCUT2D eigenvalue weighted by molar-refractivity contribution is -0.383. The minimum absolute atomic E-state index is 0. The first kappa shape index (κ1) is 42.8. The molecule has 0 radical (unpaired) electrons. The van der Waals surface area contributed by atoms with E-state index in [1.54, 1.807) is 58.3 Å². The molecule has 0 aliphatic carbocycles. The number of nitro groups is 1. The normalized spacial score (nSPS) is 10.6. The van der Waals surface area contributed by atoms with Crippen molar-refractivity contribution in [3.8, 4) is 0 Å². The fraction of sp³-hybridized carbons (Fsp3) is 0.0612. The molecule has 0 fully saturated rings. The van der Waals surface area contributed by atoms with E-state index in [4.69, 9.17) is 37.7 Å². The van der Waals surface area contributed by atoms with Gasteiger partial charge >= 0.3 is 0 Å². The standard InChI is InChI=1S/C17H11N3S2.C16H11N3O2S.C16H13N3S.H2/c1-18-12-6-7-15-14(8-12)19-17(21)20(15)9-11-10-22-16-5-3-2-4-13(11)16;1-17-12-6-7-14(15(8-12)19(20)21)18-9-11-10-22-16-5-3-2-4-13(11)16;1-18-12-6-7-15(14(17)8-12)19-9-11-10-20-16-5-3-2-4-13(11)16;/h2-8,10H,9H2,(H,19,21);2-8,10,18H,9H2;2-8,10,19H,9,17H2;1H. The molecule has 4 heterocycles. The van der Waals surface area contributed by atoms with Crippen LogP contribution in [0, 0.1) is 34.6 Å². The minimum atomic E-state index is -0.470. The Bertz CT molecular complexity index is 3530. The highest BCUT2D eigenvalue weighted by molar-refractivity contribution is 7.71. The average Bonchev–Trinajstić information content (AvgIpc) is 4.12. The van der Waals surface area contributed by atoms with Gasteiger partial charge in [0.2, 0.25) is 0 Å². The number of hydrogen-bond donors (Lipinski definition) is 4. The van der Waals surface area contributed by atoms with E-state index in [1.807, 2.05) is 42.5 Å². The summed E-state index contributed by atoms with van der Waals surface area (Å²) < 4.78 is 6.55. The molecule has 11 nitrogen and oxygen atoms in total. The number of nitrogens with two attached hydrogens (primary N) is 1. The van der Waals surface area contributed by atoms with Crippen molar-refractivity contribution in [1.29, 1.82) is 0 Å². The summed E-state index contributed by atoms with van der Waals surface area (Å²) >= 11 is 10.6. The molecule has 0 aliphatic rings. The van der Waals surface area contributed by atoms with Crippen molar-refractivity contribution < 1.29 is 6.35 Å². The monoisotopic (exact) mass is 911 g/mol. The van der Waals surface area contributed by atoms with Crippen molar-refractivity contribution in [3.05, 3.63) is 209 Å². The molecule has 5 N–H and O–H groups in total. The van der Waals surface area contributed by atoms with Crippen LogP contribution >= 0.6 is 46.2 Å². The van der Waals surface area contributed by atoms with Gasteiger partial charge in [0, 0.05) is 40.4 Å². The van der Waals surface area contributed by atoms with E-state index in [0.717, 1.165) is 40.8 Å². The minimum Gasteiger partial charge on any atom is -0.398 e. The van der Waals surface area contributed by atoms with Crippen LogP contribution in [0.25, 0.3) is 55.8 Å². The van der Waals surface area contributed by atoms with E-state index in [2.05, 4.69) is 105 Å². The topological polar surface area (TPSA) is 127 Å². The number of anilines is 3. The van der Waals surface area contributed by atoms with Crippen molar-refractivity contribution in [2.45, 2.75) is 19.6 Å². The van der Waals surface area contributed by atoms with Crippen molar-refractivity contribution >= 4 is 127 Å². The molecule has 0 aliphatic heterocycles. The Morgan fingerprint density at radius 3 is 1.67 bits per heavy atom. The van der Waals surface area contributed by atoms with Gasteiger partial charge < -0.3 is 25.9 Å². The lowest BCUT2D eigenvalue weighted by Gasteiger charge is -2.09. The summed E-state index contributed by atoms with van der Waals surface area (Å²) in [6.45, 7) is 23.0. The second-order valence-corrected chi connectivity index (χ2v) is 17.4. The molecule has 0 unspecified atom stereocenters. The van der Waals surface area contributed by atoms with Crippen LogP contribution in [-0.4, -0.2) is 14.5 Å². The number of nitro benzene ring substituents is 1. The summed E-state index contributed by atoms with van der Waals surface area (Å²) in [7, 11) is 0. The molecule has 0 amide bonds. The van der Waals surface area contributed by atoms with E-state index in [1.165, 1.54) is 42.1 Å². The van der Waals surface area contributed by atoms with Gasteiger partial charge in [0.1, 0.15) is 5.69 Å². The van der Waals surface area contributed by atoms with E-state index in [0.29, 0.717) is 34.1 Å². The van der Waals surface area contributed by atoms with E-state index in [-0.39, 0.29) is 12.8 Å². The van der Waals surface area contributed by atoms with Gasteiger partial charge in [0.05, 0.1) is 47.9 Å². The second kappa shape index (κ2) is 19.5. The number of nitrogens with one attached hydrogen (secondary N) is 3. The van der Waals surface area contributed by atoms with E-state index >= 15 is 0 Å². The lowest BCUT2D eigenvalue weighted by atomic mass is 10.1. The molecule has 64 heavy (non-hydrogen) atoms. The molecule has 0 saturated heterocycles. The van der Waals surface area contributed by atoms with Gasteiger partial charge in [-0.25, -0.2) is 14.5 Å². The Labute approximate surface area is 386 Å². The molecule has 4 aromatic heterocycles. The molecule has 15 heteroatoms. The highest BCUT2D eigenvalue weighted by Crippen LogP contribution is 2.33. The summed E-state index contributed by atoms with van der Waals surface area (Å²) in [5.41, 5.74) is 14.8. The maximum Gasteiger partial charge on any atom is 0.282 e. The van der Waals surface area contributed by atoms with Gasteiger partial charge in [0.25, 0.3) is 5.69 Å². The van der Waals surface area contributed by atoms with Crippen LogP contribution in [0.1, 0.15) is 18.1 Å². The Balaban J connectivity index is 0.000000145. The number of nitrogen functional groups attached to an aromatic ring is 1. The van der Waals surface area contributed by atoms with E-state index < -0.39 is 4.92 Å². The number of H-pyrrole nitrogens is 1. The predicted octanol–water partition coefficient (Wildman–Crippen LogP) is 15.4. The maximum absolute atomic E-state index is 11.1. The number of rotatable bonds is 9. The number of aromatic amines is 1. The zero-order valence-corrected chi connectivity index (χ0v) is 37.0. The molecule has 314 valence electrons. The van der Waals surface area contributed by atoms with Crippen molar-refractivity contribution in [2.75, 3.05) is 16.4 Å². The summed E-state index contributed by atoms with van der Waals surface area (Å²) in [4.78, 5) is 23.9. The number of hydrogen-bond acceptors (Lipinski definition) is 9. The quantitative estimate of drug-likeness (QED) is 0.0376. The van der Waals surface area contributed by atoms with Crippen LogP contribution in [0.2, 0.25) is 0 Å². The number of nitrogens with zero attached hydrogens (tertiary/aromatic N) is 5. The summed E-state index contributed by atoms with van der Waals surface area (Å²) in [6.07, 6.45) is 0. The van der Waals surface area contributed by atoms with Crippen molar-refractivity contribution in [3.63, 3.8) is 0 Å². The molecule has 0 bridgehead atoms. The van der Waals surface area contributed by atoms with Crippen molar-refractivity contribution in [1.82, 2.24) is 9.55 Å². The first-order valence-electron chi connectivity index (χ1n) is 19.6. The molecular weight excluding hydrogens is 875 g/mol. The number of imidazole rings is 1. The maximum atomic E-state index is 11.1. The van der Waals surface area contributed by atoms with Gasteiger partial charge in [-0.3, -0.25) is 10.1 Å². The number of benzene rings is 6. The molecule has 0 atom stereocenters. The van der Waals surface area contributed by atoms with Gasteiger partial charge in [0.15, 0.2) is 21.8 Å². The zero-order chi connectivity index (χ0) is 44.6. The van der Waals surface area contributed by atoms with Gasteiger partial charge in [-0.2, -0.15) is 0 Å². The van der Waals surface area contributed by atoms with Crippen LogP contribution in [0.4, 0.5) is 39.8 Å². The van der Waals surface area contributed by atoms with Crippen LogP contribution < -0.4 is 16.4 Å². The molecular formula is C49H37N9O2S4. The van der Waals surface area contributed by atoms with Crippen LogP contribution in [0.3, 0.4) is 0 Å². The number of thiophene rings is 3. The highest BCUT2D eigenvalue weighted by Gasteiger charge is 2.15. The van der Waals surface area contributed by atoms with Crippen LogP contribution in [-0.2, 0) is 19.6 Å². The first-order valence-corrected chi connectivity index (χ1v) is 22.6. The summed E-state index contributed by atoms with van der Waals surface area (Å²) in [5, 5.41) is 27.7. The van der Waals surface area contributed by atoms with Gasteiger partial charge in [-0.1, -0.05) is 72.8 Å². The fourth-order valence-electron chi connectivity index (χ4n) is 7.09. The molecule has 0 saturated carbocycles. The van der Waals surface area contributed by atoms with Gasteiger partial charge in [-0.15, -0.1) is 34.0 Å². The lowest BCUT2D eigenvalue weighted by Crippen LogP contribution is -2.02. The Hall–Kier alpha value is -7.84. The second-order valence-electron chi connectivity index (χ2n) is 14.3. The zero-order valence-electron chi connectivity index (χ0n) is 33.7. The number of aromatic nitrogens is 2. The van der Waals surface area contributed by atoms with Crippen LogP contribution in [0.5, 0.6) is 0 Å². The Morgan fingerprint density at radius 1 is 0.656 bits per heavy atom. The largest absolute Gasteiger partial charge is 0.398 e. The fourth-order valence-corrected chi connectivity index (χ4v) is 10.2. The van der Waals surface area contributed by atoms with Crippen LogP contribution in [0.15, 0.2) is 144 Å². The smallest absolute Gasteiger partial charge is 0.282 e. The molecule has 6 aromatic carbocycles. The Kier molecular flexibility index (Phi) is 13.0. The molecule has 10 aromatic rings. The highest BCUT2D eigenvalue weighted by atomic mass is 32.1.